The zero-order valence-electron chi connectivity index (χ0n) is 17.4. The number of para-hydroxylation sites is 2. The van der Waals surface area contributed by atoms with Gasteiger partial charge in [-0.3, -0.25) is 10.1 Å². The number of anilines is 1. The Balaban J connectivity index is 1.46. The van der Waals surface area contributed by atoms with Gasteiger partial charge in [0.2, 0.25) is 11.9 Å². The number of fused-ring (bicyclic) bond motifs is 2. The fourth-order valence-corrected chi connectivity index (χ4v) is 3.95. The molecule has 4 heterocycles. The first-order valence-electron chi connectivity index (χ1n) is 10.3. The maximum absolute atomic E-state index is 12.9. The molecule has 8 nitrogen and oxygen atoms in total. The Morgan fingerprint density at radius 3 is 2.84 bits per heavy atom. The first-order chi connectivity index (χ1) is 15.2. The summed E-state index contributed by atoms with van der Waals surface area (Å²) in [6.07, 6.45) is 4.28. The van der Waals surface area contributed by atoms with Crippen molar-refractivity contribution in [3.05, 3.63) is 60.6 Å². The molecule has 5 rings (SSSR count). The van der Waals surface area contributed by atoms with Gasteiger partial charge in [-0.05, 0) is 43.7 Å². The highest BCUT2D eigenvalue weighted by Gasteiger charge is 2.18. The summed E-state index contributed by atoms with van der Waals surface area (Å²) in [4.78, 5) is 22.0. The van der Waals surface area contributed by atoms with Crippen LogP contribution in [0.2, 0.25) is 0 Å². The quantitative estimate of drug-likeness (QED) is 0.445. The molecule has 0 saturated heterocycles. The molecular formula is C23H22N6O2. The van der Waals surface area contributed by atoms with Gasteiger partial charge in [-0.15, -0.1) is 0 Å². The van der Waals surface area contributed by atoms with Crippen molar-refractivity contribution in [3.63, 3.8) is 0 Å². The van der Waals surface area contributed by atoms with E-state index in [0.717, 1.165) is 46.4 Å². The average molecular weight is 414 g/mol. The number of carbonyl (C=O) groups excluding carboxylic acids is 1. The second kappa shape index (κ2) is 7.71. The Labute approximate surface area is 178 Å². The van der Waals surface area contributed by atoms with Crippen molar-refractivity contribution in [2.24, 2.45) is 0 Å². The number of hydrogen-bond donors (Lipinski definition) is 1. The molecule has 1 amide bonds. The van der Waals surface area contributed by atoms with Crippen LogP contribution in [0, 0.1) is 6.92 Å². The molecule has 1 N–H and O–H groups in total. The highest BCUT2D eigenvalue weighted by Crippen LogP contribution is 2.30. The van der Waals surface area contributed by atoms with E-state index in [1.165, 1.54) is 0 Å². The first kappa shape index (κ1) is 19.0. The van der Waals surface area contributed by atoms with Crippen LogP contribution >= 0.6 is 0 Å². The Morgan fingerprint density at radius 2 is 2.03 bits per heavy atom. The molecule has 0 unspecified atom stereocenters. The molecule has 0 aliphatic heterocycles. The number of amides is 1. The van der Waals surface area contributed by atoms with Crippen LogP contribution in [0.3, 0.4) is 0 Å². The maximum Gasteiger partial charge on any atom is 0.248 e. The molecule has 8 heteroatoms. The van der Waals surface area contributed by atoms with Gasteiger partial charge in [-0.2, -0.15) is 5.10 Å². The standard InChI is InChI=1S/C23H22N6O2/c1-3-12-28-18-8-5-4-7-17(18)25-23(28)26-20(30)14-29-22-21(15(2)27-29)16(10-11-24-22)19-9-6-13-31-19/h4-11,13H,3,12,14H2,1-2H3,(H,25,26,30). The third kappa shape index (κ3) is 3.35. The molecule has 0 atom stereocenters. The number of nitrogens with one attached hydrogen (secondary N) is 1. The Morgan fingerprint density at radius 1 is 1.16 bits per heavy atom. The molecule has 0 fully saturated rings. The lowest BCUT2D eigenvalue weighted by Gasteiger charge is -2.09. The smallest absolute Gasteiger partial charge is 0.248 e. The molecule has 31 heavy (non-hydrogen) atoms. The predicted molar refractivity (Wildman–Crippen MR) is 119 cm³/mol. The van der Waals surface area contributed by atoms with Crippen molar-refractivity contribution in [1.82, 2.24) is 24.3 Å². The van der Waals surface area contributed by atoms with Crippen LogP contribution in [-0.2, 0) is 17.9 Å². The number of imidazole rings is 1. The molecule has 1 aromatic carbocycles. The minimum atomic E-state index is -0.206. The minimum Gasteiger partial charge on any atom is -0.464 e. The summed E-state index contributed by atoms with van der Waals surface area (Å²) in [7, 11) is 0. The molecule has 0 bridgehead atoms. The van der Waals surface area contributed by atoms with Crippen LogP contribution < -0.4 is 5.32 Å². The number of rotatable bonds is 6. The SMILES string of the molecule is CCCn1c(NC(=O)Cn2nc(C)c3c(-c4ccco4)ccnc32)nc2ccccc21. The highest BCUT2D eigenvalue weighted by atomic mass is 16.3. The lowest BCUT2D eigenvalue weighted by Crippen LogP contribution is -2.22. The summed E-state index contributed by atoms with van der Waals surface area (Å²) in [6, 6.07) is 13.5. The zero-order valence-corrected chi connectivity index (χ0v) is 17.4. The predicted octanol–water partition coefficient (Wildman–Crippen LogP) is 4.40. The van der Waals surface area contributed by atoms with E-state index in [2.05, 4.69) is 27.3 Å². The normalized spacial score (nSPS) is 11.4. The van der Waals surface area contributed by atoms with Crippen molar-refractivity contribution in [2.45, 2.75) is 33.4 Å². The fraction of sp³-hybridized carbons (Fsp3) is 0.217. The second-order valence-corrected chi connectivity index (χ2v) is 7.40. The van der Waals surface area contributed by atoms with Crippen LogP contribution in [0.25, 0.3) is 33.4 Å². The summed E-state index contributed by atoms with van der Waals surface area (Å²) in [5.41, 5.74) is 4.20. The maximum atomic E-state index is 12.9. The van der Waals surface area contributed by atoms with E-state index in [-0.39, 0.29) is 12.5 Å². The van der Waals surface area contributed by atoms with E-state index >= 15 is 0 Å². The van der Waals surface area contributed by atoms with Gasteiger partial charge in [0, 0.05) is 18.3 Å². The number of pyridine rings is 1. The van der Waals surface area contributed by atoms with Gasteiger partial charge >= 0.3 is 0 Å². The molecule has 4 aromatic heterocycles. The van der Waals surface area contributed by atoms with Crippen LogP contribution in [0.1, 0.15) is 19.0 Å². The number of furan rings is 1. The van der Waals surface area contributed by atoms with Crippen LogP contribution in [-0.4, -0.2) is 30.2 Å². The van der Waals surface area contributed by atoms with Crippen LogP contribution in [0.4, 0.5) is 5.95 Å². The summed E-state index contributed by atoms with van der Waals surface area (Å²) in [5.74, 6) is 1.08. The molecule has 0 spiro atoms. The van der Waals surface area contributed by atoms with Gasteiger partial charge in [-0.1, -0.05) is 19.1 Å². The largest absolute Gasteiger partial charge is 0.464 e. The summed E-state index contributed by atoms with van der Waals surface area (Å²) in [5, 5.41) is 8.40. The zero-order chi connectivity index (χ0) is 21.4. The van der Waals surface area contributed by atoms with Crippen LogP contribution in [0.5, 0.6) is 0 Å². The fourth-order valence-electron chi connectivity index (χ4n) is 3.95. The number of aryl methyl sites for hydroxylation is 2. The van der Waals surface area contributed by atoms with E-state index in [0.29, 0.717) is 11.6 Å². The van der Waals surface area contributed by atoms with Crippen molar-refractivity contribution in [2.75, 3.05) is 5.32 Å². The Hall–Kier alpha value is -3.94. The number of carbonyl (C=O) groups is 1. The van der Waals surface area contributed by atoms with E-state index < -0.39 is 0 Å². The van der Waals surface area contributed by atoms with Gasteiger partial charge < -0.3 is 8.98 Å². The minimum absolute atomic E-state index is 0.0360. The first-order valence-corrected chi connectivity index (χ1v) is 10.3. The lowest BCUT2D eigenvalue weighted by molar-refractivity contribution is -0.116. The molecule has 0 aliphatic rings. The third-order valence-electron chi connectivity index (χ3n) is 5.24. The Bertz CT molecular complexity index is 1380. The number of aromatic nitrogens is 5. The Kier molecular flexibility index (Phi) is 4.74. The topological polar surface area (TPSA) is 90.8 Å². The second-order valence-electron chi connectivity index (χ2n) is 7.40. The van der Waals surface area contributed by atoms with E-state index in [4.69, 9.17) is 4.42 Å². The van der Waals surface area contributed by atoms with Gasteiger partial charge in [0.15, 0.2) is 5.65 Å². The molecule has 5 aromatic rings. The van der Waals surface area contributed by atoms with Crippen LogP contribution in [0.15, 0.2) is 59.3 Å². The molecule has 156 valence electrons. The average Bonchev–Trinajstić information content (AvgIpc) is 3.48. The van der Waals surface area contributed by atoms with Crippen molar-refractivity contribution < 1.29 is 9.21 Å². The molecule has 0 radical (unpaired) electrons. The number of nitrogens with zero attached hydrogens (tertiary/aromatic N) is 5. The van der Waals surface area contributed by atoms with Gasteiger partial charge in [-0.25, -0.2) is 14.6 Å². The van der Waals surface area contributed by atoms with Crippen molar-refractivity contribution in [1.29, 1.82) is 0 Å². The van der Waals surface area contributed by atoms with E-state index in [1.807, 2.05) is 54.0 Å². The van der Waals surface area contributed by atoms with E-state index in [9.17, 15) is 4.79 Å². The summed E-state index contributed by atoms with van der Waals surface area (Å²) >= 11 is 0. The molecule has 0 saturated carbocycles. The summed E-state index contributed by atoms with van der Waals surface area (Å²) in [6.45, 7) is 4.81. The highest BCUT2D eigenvalue weighted by molar-refractivity contribution is 5.95. The van der Waals surface area contributed by atoms with Gasteiger partial charge in [0.05, 0.1) is 28.4 Å². The number of benzene rings is 1. The lowest BCUT2D eigenvalue weighted by atomic mass is 10.1. The van der Waals surface area contributed by atoms with Crippen molar-refractivity contribution >= 4 is 33.9 Å². The van der Waals surface area contributed by atoms with Gasteiger partial charge in [0.1, 0.15) is 12.3 Å². The van der Waals surface area contributed by atoms with E-state index in [1.54, 1.807) is 17.1 Å². The van der Waals surface area contributed by atoms with Crippen molar-refractivity contribution in [3.8, 4) is 11.3 Å². The summed E-state index contributed by atoms with van der Waals surface area (Å²) < 4.78 is 9.22. The third-order valence-corrected chi connectivity index (χ3v) is 5.24. The molecule has 0 aliphatic carbocycles. The monoisotopic (exact) mass is 414 g/mol. The van der Waals surface area contributed by atoms with Gasteiger partial charge in [0.25, 0.3) is 0 Å². The number of hydrogen-bond acceptors (Lipinski definition) is 5. The molecular weight excluding hydrogens is 392 g/mol.